The Morgan fingerprint density at radius 2 is 1.84 bits per heavy atom. The number of hydrogen-bond acceptors (Lipinski definition) is 6. The number of carbonyl (C=O) groups is 3. The molecule has 1 aliphatic carbocycles. The Hall–Kier alpha value is -3.77. The van der Waals surface area contributed by atoms with E-state index >= 15 is 0 Å². The molecule has 2 aromatic carbocycles. The summed E-state index contributed by atoms with van der Waals surface area (Å²) in [5.74, 6) is -0.388. The van der Waals surface area contributed by atoms with Crippen molar-refractivity contribution in [1.82, 2.24) is 15.1 Å². The van der Waals surface area contributed by atoms with Gasteiger partial charge < -0.3 is 9.64 Å². The Morgan fingerprint density at radius 1 is 1.03 bits per heavy atom. The highest BCUT2D eigenvalue weighted by Crippen LogP contribution is 2.37. The van der Waals surface area contributed by atoms with Crippen molar-refractivity contribution in [2.75, 3.05) is 13.1 Å². The molecule has 3 amide bonds. The fraction of sp³-hybridized carbons (Fsp3) is 0.448. The zero-order valence-electron chi connectivity index (χ0n) is 21.0. The van der Waals surface area contributed by atoms with Crippen molar-refractivity contribution in [3.63, 3.8) is 0 Å². The van der Waals surface area contributed by atoms with Gasteiger partial charge in [0.05, 0.1) is 11.6 Å². The van der Waals surface area contributed by atoms with Crippen LogP contribution in [0.2, 0.25) is 0 Å². The lowest BCUT2D eigenvalue weighted by molar-refractivity contribution is -0.136. The number of hydrogen-bond donors (Lipinski definition) is 1. The minimum absolute atomic E-state index is 0.00903. The maximum absolute atomic E-state index is 13.6. The van der Waals surface area contributed by atoms with Crippen molar-refractivity contribution in [3.05, 3.63) is 64.5 Å². The first kappa shape index (κ1) is 24.6. The first-order valence-corrected chi connectivity index (χ1v) is 13.3. The Labute approximate surface area is 220 Å². The molecule has 3 fully saturated rings. The van der Waals surface area contributed by atoms with Gasteiger partial charge in [0, 0.05) is 43.6 Å². The number of nitrogens with zero attached hydrogens (tertiary/aromatic N) is 3. The summed E-state index contributed by atoms with van der Waals surface area (Å²) in [7, 11) is 0. The van der Waals surface area contributed by atoms with Crippen LogP contribution in [0, 0.1) is 17.1 Å². The number of ether oxygens (including phenoxy) is 1. The molecule has 196 valence electrons. The average Bonchev–Trinajstić information content (AvgIpc) is 3.20. The molecule has 6 rings (SSSR count). The number of nitriles is 1. The van der Waals surface area contributed by atoms with E-state index in [1.165, 1.54) is 12.1 Å². The van der Waals surface area contributed by atoms with Crippen LogP contribution in [0.5, 0.6) is 5.75 Å². The first-order valence-electron chi connectivity index (χ1n) is 13.3. The zero-order valence-corrected chi connectivity index (χ0v) is 21.0. The third kappa shape index (κ3) is 4.43. The first-order chi connectivity index (χ1) is 18.4. The van der Waals surface area contributed by atoms with E-state index in [1.54, 1.807) is 17.0 Å². The van der Waals surface area contributed by atoms with Crippen LogP contribution < -0.4 is 10.1 Å². The smallest absolute Gasteiger partial charge is 0.255 e. The van der Waals surface area contributed by atoms with E-state index in [9.17, 15) is 24.0 Å². The monoisotopic (exact) mass is 516 g/mol. The highest BCUT2D eigenvalue weighted by Gasteiger charge is 2.41. The third-order valence-electron chi connectivity index (χ3n) is 8.40. The summed E-state index contributed by atoms with van der Waals surface area (Å²) in [5.41, 5.74) is 2.71. The fourth-order valence-electron chi connectivity index (χ4n) is 6.39. The third-order valence-corrected chi connectivity index (χ3v) is 8.40. The van der Waals surface area contributed by atoms with Crippen molar-refractivity contribution >= 4 is 17.7 Å². The summed E-state index contributed by atoms with van der Waals surface area (Å²) >= 11 is 0. The number of amides is 3. The van der Waals surface area contributed by atoms with E-state index < -0.39 is 17.8 Å². The van der Waals surface area contributed by atoms with Crippen LogP contribution >= 0.6 is 0 Å². The van der Waals surface area contributed by atoms with Gasteiger partial charge in [0.1, 0.15) is 23.7 Å². The SMILES string of the molecule is N#Cc1cc(F)ccc1C1CN([C@@H]2CCCC[C@H]2Oc2ccc3c(c2)CN([C@@H]2CCC(=O)NC2=O)C3=O)C1. The minimum atomic E-state index is -0.637. The number of likely N-dealkylation sites (tertiary alicyclic amines) is 1. The van der Waals surface area contributed by atoms with Crippen molar-refractivity contribution < 1.29 is 23.5 Å². The topological polar surface area (TPSA) is 103 Å². The van der Waals surface area contributed by atoms with Crippen LogP contribution in [0.25, 0.3) is 0 Å². The summed E-state index contributed by atoms with van der Waals surface area (Å²) in [4.78, 5) is 40.8. The fourth-order valence-corrected chi connectivity index (χ4v) is 6.39. The number of halogens is 1. The van der Waals surface area contributed by atoms with Crippen LogP contribution in [0.1, 0.15) is 71.5 Å². The highest BCUT2D eigenvalue weighted by atomic mass is 19.1. The molecule has 0 spiro atoms. The summed E-state index contributed by atoms with van der Waals surface area (Å²) in [6, 6.07) is 11.7. The van der Waals surface area contributed by atoms with Gasteiger partial charge in [-0.25, -0.2) is 4.39 Å². The summed E-state index contributed by atoms with van der Waals surface area (Å²) in [6.07, 6.45) is 4.75. The largest absolute Gasteiger partial charge is 0.489 e. The lowest BCUT2D eigenvalue weighted by Gasteiger charge is -2.48. The average molecular weight is 517 g/mol. The zero-order chi connectivity index (χ0) is 26.4. The van der Waals surface area contributed by atoms with E-state index in [-0.39, 0.29) is 36.3 Å². The molecule has 1 N–H and O–H groups in total. The van der Waals surface area contributed by atoms with Gasteiger partial charge in [-0.15, -0.1) is 0 Å². The van der Waals surface area contributed by atoms with Gasteiger partial charge >= 0.3 is 0 Å². The Bertz CT molecular complexity index is 1350. The van der Waals surface area contributed by atoms with Gasteiger partial charge in [-0.3, -0.25) is 24.6 Å². The predicted molar refractivity (Wildman–Crippen MR) is 135 cm³/mol. The van der Waals surface area contributed by atoms with Crippen LogP contribution in [0.4, 0.5) is 4.39 Å². The van der Waals surface area contributed by atoms with Crippen molar-refractivity contribution in [1.29, 1.82) is 5.26 Å². The van der Waals surface area contributed by atoms with Crippen LogP contribution in [0.3, 0.4) is 0 Å². The lowest BCUT2D eigenvalue weighted by atomic mass is 9.83. The molecule has 0 bridgehead atoms. The molecule has 2 aromatic rings. The Kier molecular flexibility index (Phi) is 6.36. The van der Waals surface area contributed by atoms with Gasteiger partial charge in [0.15, 0.2) is 0 Å². The second-order valence-electron chi connectivity index (χ2n) is 10.7. The maximum atomic E-state index is 13.6. The molecule has 0 unspecified atom stereocenters. The molecular formula is C29H29FN4O4. The number of nitrogens with one attached hydrogen (secondary N) is 1. The van der Waals surface area contributed by atoms with Crippen molar-refractivity contribution in [3.8, 4) is 11.8 Å². The molecule has 38 heavy (non-hydrogen) atoms. The van der Waals surface area contributed by atoms with E-state index in [4.69, 9.17) is 4.74 Å². The van der Waals surface area contributed by atoms with Crippen LogP contribution in [0.15, 0.2) is 36.4 Å². The van der Waals surface area contributed by atoms with Crippen LogP contribution in [-0.4, -0.2) is 58.8 Å². The predicted octanol–water partition coefficient (Wildman–Crippen LogP) is 3.25. The molecule has 3 atom stereocenters. The van der Waals surface area contributed by atoms with Gasteiger partial charge in [-0.1, -0.05) is 12.5 Å². The molecule has 2 saturated heterocycles. The summed E-state index contributed by atoms with van der Waals surface area (Å²) in [5, 5.41) is 11.8. The number of carbonyl (C=O) groups excluding carboxylic acids is 3. The molecule has 8 nitrogen and oxygen atoms in total. The Morgan fingerprint density at radius 3 is 2.63 bits per heavy atom. The molecule has 3 heterocycles. The number of benzene rings is 2. The van der Waals surface area contributed by atoms with Gasteiger partial charge in [0.2, 0.25) is 11.8 Å². The van der Waals surface area contributed by atoms with E-state index in [2.05, 4.69) is 16.3 Å². The molecule has 3 aliphatic heterocycles. The van der Waals surface area contributed by atoms with Crippen LogP contribution in [-0.2, 0) is 16.1 Å². The lowest BCUT2D eigenvalue weighted by Crippen LogP contribution is -2.57. The molecule has 4 aliphatic rings. The second kappa shape index (κ2) is 9.84. The molecule has 9 heteroatoms. The van der Waals surface area contributed by atoms with E-state index in [1.807, 2.05) is 12.1 Å². The standard InChI is InChI=1S/C29H29FN4O4/c30-20-5-7-22(17(11-20)13-31)19-14-33(15-19)24-3-1-2-4-26(24)38-21-6-8-23-18(12-21)16-34(29(23)37)25-9-10-27(35)32-28(25)36/h5-8,11-12,19,24-26H,1-4,9-10,14-16H2,(H,32,35,36)/t24-,25-,26-/m1/s1. The molecule has 1 saturated carbocycles. The van der Waals surface area contributed by atoms with Gasteiger partial charge in [-0.05, 0) is 67.1 Å². The molecular weight excluding hydrogens is 487 g/mol. The molecule has 0 aromatic heterocycles. The number of rotatable bonds is 5. The number of imide groups is 1. The summed E-state index contributed by atoms with van der Waals surface area (Å²) in [6.45, 7) is 1.94. The maximum Gasteiger partial charge on any atom is 0.255 e. The number of fused-ring (bicyclic) bond motifs is 1. The van der Waals surface area contributed by atoms with Crippen molar-refractivity contribution in [2.45, 2.75) is 69.2 Å². The highest BCUT2D eigenvalue weighted by molar-refractivity contribution is 6.05. The quantitative estimate of drug-likeness (QED) is 0.612. The summed E-state index contributed by atoms with van der Waals surface area (Å²) < 4.78 is 20.1. The number of piperidine rings is 1. The van der Waals surface area contributed by atoms with E-state index in [0.717, 1.165) is 49.9 Å². The van der Waals surface area contributed by atoms with E-state index in [0.29, 0.717) is 29.8 Å². The normalized spacial score (nSPS) is 25.9. The minimum Gasteiger partial charge on any atom is -0.489 e. The Balaban J connectivity index is 1.12. The van der Waals surface area contributed by atoms with Gasteiger partial charge in [-0.2, -0.15) is 5.26 Å². The molecule has 0 radical (unpaired) electrons. The van der Waals surface area contributed by atoms with Crippen molar-refractivity contribution in [2.24, 2.45) is 0 Å². The van der Waals surface area contributed by atoms with Gasteiger partial charge in [0.25, 0.3) is 5.91 Å². The second-order valence-corrected chi connectivity index (χ2v) is 10.7.